The summed E-state index contributed by atoms with van der Waals surface area (Å²) in [6.45, 7) is 0. The molecule has 1 aromatic carbocycles. The minimum Gasteiger partial charge on any atom is -0.345 e. The average Bonchev–Trinajstić information content (AvgIpc) is 3.31. The molecule has 1 unspecified atom stereocenters. The highest BCUT2D eigenvalue weighted by atomic mass is 35.5. The molecule has 1 N–H and O–H groups in total. The van der Waals surface area contributed by atoms with Gasteiger partial charge in [0, 0.05) is 17.9 Å². The minimum absolute atomic E-state index is 0.00345. The van der Waals surface area contributed by atoms with Crippen molar-refractivity contribution in [3.05, 3.63) is 79.6 Å². The number of rotatable bonds is 7. The first-order valence-electron chi connectivity index (χ1n) is 7.77. The molecule has 0 spiro atoms. The minimum atomic E-state index is -0.243. The van der Waals surface area contributed by atoms with E-state index < -0.39 is 0 Å². The van der Waals surface area contributed by atoms with Crippen molar-refractivity contribution in [2.24, 2.45) is 0 Å². The Hall–Kier alpha value is -1.95. The Balaban J connectivity index is 1.67. The van der Waals surface area contributed by atoms with Gasteiger partial charge in [-0.05, 0) is 51.5 Å². The summed E-state index contributed by atoms with van der Waals surface area (Å²) in [7, 11) is 0. The molecule has 1 atom stereocenters. The summed E-state index contributed by atoms with van der Waals surface area (Å²) >= 11 is 8.94. The lowest BCUT2D eigenvalue weighted by molar-refractivity contribution is -0.121. The van der Waals surface area contributed by atoms with Crippen LogP contribution in [0.15, 0.2) is 58.6 Å². The summed E-state index contributed by atoms with van der Waals surface area (Å²) < 4.78 is 0. The number of amides is 1. The van der Waals surface area contributed by atoms with Crippen molar-refractivity contribution in [1.29, 1.82) is 0 Å². The van der Waals surface area contributed by atoms with Crippen LogP contribution in [0.3, 0.4) is 0 Å². The summed E-state index contributed by atoms with van der Waals surface area (Å²) in [5.74, 6) is -0.139. The number of nitrogens with one attached hydrogen (secondary N) is 1. The van der Waals surface area contributed by atoms with E-state index in [-0.39, 0.29) is 30.6 Å². The molecule has 0 aliphatic rings. The van der Waals surface area contributed by atoms with Gasteiger partial charge < -0.3 is 5.32 Å². The molecule has 128 valence electrons. The molecule has 6 heteroatoms. The molecule has 0 aliphatic heterocycles. The maximum atomic E-state index is 12.4. The van der Waals surface area contributed by atoms with Crippen molar-refractivity contribution in [3.8, 4) is 0 Å². The van der Waals surface area contributed by atoms with E-state index in [0.29, 0.717) is 9.90 Å². The van der Waals surface area contributed by atoms with Crippen LogP contribution < -0.4 is 5.32 Å². The Labute approximate surface area is 159 Å². The van der Waals surface area contributed by atoms with Crippen molar-refractivity contribution < 1.29 is 9.59 Å². The third kappa shape index (κ3) is 4.78. The molecule has 0 radical (unpaired) electrons. The van der Waals surface area contributed by atoms with Crippen molar-refractivity contribution in [2.45, 2.75) is 18.9 Å². The molecule has 3 rings (SSSR count). The largest absolute Gasteiger partial charge is 0.345 e. The summed E-state index contributed by atoms with van der Waals surface area (Å²) in [5, 5.41) is 9.53. The van der Waals surface area contributed by atoms with Crippen molar-refractivity contribution in [3.63, 3.8) is 0 Å². The van der Waals surface area contributed by atoms with Crippen LogP contribution in [0.2, 0.25) is 5.02 Å². The third-order valence-corrected chi connectivity index (χ3v) is 5.62. The van der Waals surface area contributed by atoms with Crippen LogP contribution >= 0.6 is 34.3 Å². The molecular weight excluding hydrogens is 374 g/mol. The standard InChI is InChI=1S/C19H16ClNO2S2/c20-15-5-3-13(4-6-15)19(14-9-11-24-12-14)21-18(23)8-7-16(22)17-2-1-10-25-17/h1-6,9-12,19H,7-8H2,(H,21,23). The lowest BCUT2D eigenvalue weighted by atomic mass is 10.0. The van der Waals surface area contributed by atoms with Gasteiger partial charge in [-0.3, -0.25) is 9.59 Å². The molecule has 3 nitrogen and oxygen atoms in total. The van der Waals surface area contributed by atoms with Gasteiger partial charge in [-0.15, -0.1) is 11.3 Å². The molecule has 0 saturated carbocycles. The predicted octanol–water partition coefficient (Wildman–Crippen LogP) is 5.33. The fourth-order valence-corrected chi connectivity index (χ4v) is 3.98. The van der Waals surface area contributed by atoms with Gasteiger partial charge in [0.05, 0.1) is 10.9 Å². The van der Waals surface area contributed by atoms with Gasteiger partial charge in [0.2, 0.25) is 5.91 Å². The molecule has 0 bridgehead atoms. The summed E-state index contributed by atoms with van der Waals surface area (Å²) in [6, 6.07) is 12.8. The Kier molecular flexibility index (Phi) is 6.02. The second-order valence-corrected chi connectivity index (χ2v) is 7.67. The molecule has 1 amide bonds. The van der Waals surface area contributed by atoms with Crippen molar-refractivity contribution in [1.82, 2.24) is 5.32 Å². The lowest BCUT2D eigenvalue weighted by Gasteiger charge is -2.18. The number of carbonyl (C=O) groups is 2. The highest BCUT2D eigenvalue weighted by Gasteiger charge is 2.18. The SMILES string of the molecule is O=C(CCC(=O)c1cccs1)NC(c1ccc(Cl)cc1)c1ccsc1. The van der Waals surface area contributed by atoms with E-state index >= 15 is 0 Å². The summed E-state index contributed by atoms with van der Waals surface area (Å²) in [4.78, 5) is 25.1. The zero-order chi connectivity index (χ0) is 17.6. The number of hydrogen-bond donors (Lipinski definition) is 1. The molecule has 0 saturated heterocycles. The van der Waals surface area contributed by atoms with Crippen LogP contribution in [0.25, 0.3) is 0 Å². The van der Waals surface area contributed by atoms with E-state index in [0.717, 1.165) is 11.1 Å². The first-order valence-corrected chi connectivity index (χ1v) is 9.97. The number of halogens is 1. The third-order valence-electron chi connectivity index (χ3n) is 3.76. The van der Waals surface area contributed by atoms with Gasteiger partial charge in [0.1, 0.15) is 0 Å². The second kappa shape index (κ2) is 8.43. The molecule has 2 heterocycles. The number of hydrogen-bond acceptors (Lipinski definition) is 4. The van der Waals surface area contributed by atoms with Gasteiger partial charge in [-0.25, -0.2) is 0 Å². The predicted molar refractivity (Wildman–Crippen MR) is 104 cm³/mol. The average molecular weight is 390 g/mol. The number of benzene rings is 1. The van der Waals surface area contributed by atoms with Gasteiger partial charge in [-0.1, -0.05) is 29.8 Å². The number of ketones is 1. The quantitative estimate of drug-likeness (QED) is 0.555. The Morgan fingerprint density at radius 2 is 1.80 bits per heavy atom. The van der Waals surface area contributed by atoms with Crippen LogP contribution in [-0.2, 0) is 4.79 Å². The number of thiophene rings is 2. The molecular formula is C19H16ClNO2S2. The Bertz CT molecular complexity index is 827. The first kappa shape index (κ1) is 17.9. The zero-order valence-corrected chi connectivity index (χ0v) is 15.7. The van der Waals surface area contributed by atoms with E-state index in [1.54, 1.807) is 17.4 Å². The summed E-state index contributed by atoms with van der Waals surface area (Å²) in [6.07, 6.45) is 0.383. The Morgan fingerprint density at radius 1 is 1.00 bits per heavy atom. The van der Waals surface area contributed by atoms with E-state index in [1.165, 1.54) is 11.3 Å². The van der Waals surface area contributed by atoms with Crippen LogP contribution in [-0.4, -0.2) is 11.7 Å². The van der Waals surface area contributed by atoms with Crippen LogP contribution in [0, 0.1) is 0 Å². The van der Waals surface area contributed by atoms with Crippen molar-refractivity contribution >= 4 is 46.0 Å². The summed E-state index contributed by atoms with van der Waals surface area (Å²) in [5.41, 5.74) is 1.98. The molecule has 0 fully saturated rings. The molecule has 2 aromatic heterocycles. The van der Waals surface area contributed by atoms with Crippen LogP contribution in [0.5, 0.6) is 0 Å². The topological polar surface area (TPSA) is 46.2 Å². The maximum Gasteiger partial charge on any atom is 0.221 e. The molecule has 25 heavy (non-hydrogen) atoms. The highest BCUT2D eigenvalue weighted by molar-refractivity contribution is 7.12. The lowest BCUT2D eigenvalue weighted by Crippen LogP contribution is -2.29. The first-order chi connectivity index (χ1) is 12.1. The van der Waals surface area contributed by atoms with Gasteiger partial charge in [0.25, 0.3) is 0 Å². The fraction of sp³-hybridized carbons (Fsp3) is 0.158. The normalized spacial score (nSPS) is 11.9. The van der Waals surface area contributed by atoms with Crippen molar-refractivity contribution in [2.75, 3.05) is 0 Å². The molecule has 0 aliphatic carbocycles. The Morgan fingerprint density at radius 3 is 2.44 bits per heavy atom. The second-order valence-electron chi connectivity index (χ2n) is 5.51. The fourth-order valence-electron chi connectivity index (χ4n) is 2.47. The zero-order valence-electron chi connectivity index (χ0n) is 13.3. The number of Topliss-reactive ketones (excluding diaryl/α,β-unsaturated/α-hetero) is 1. The maximum absolute atomic E-state index is 12.4. The van der Waals surface area contributed by atoms with E-state index in [2.05, 4.69) is 5.32 Å². The monoisotopic (exact) mass is 389 g/mol. The van der Waals surface area contributed by atoms with Crippen LogP contribution in [0.4, 0.5) is 0 Å². The van der Waals surface area contributed by atoms with Crippen LogP contribution in [0.1, 0.15) is 39.7 Å². The molecule has 3 aromatic rings. The van der Waals surface area contributed by atoms with E-state index in [1.807, 2.05) is 52.5 Å². The highest BCUT2D eigenvalue weighted by Crippen LogP contribution is 2.25. The van der Waals surface area contributed by atoms with E-state index in [9.17, 15) is 9.59 Å². The smallest absolute Gasteiger partial charge is 0.221 e. The van der Waals surface area contributed by atoms with Gasteiger partial charge in [0.15, 0.2) is 5.78 Å². The van der Waals surface area contributed by atoms with Gasteiger partial charge in [-0.2, -0.15) is 11.3 Å². The number of carbonyl (C=O) groups excluding carboxylic acids is 2. The van der Waals surface area contributed by atoms with E-state index in [4.69, 9.17) is 11.6 Å². The van der Waals surface area contributed by atoms with Gasteiger partial charge >= 0.3 is 0 Å².